The van der Waals surface area contributed by atoms with Crippen LogP contribution in [0.4, 0.5) is 0 Å². The van der Waals surface area contributed by atoms with E-state index in [0.29, 0.717) is 6.42 Å². The largest absolute Gasteiger partial charge is 0.319 e. The second-order valence-electron chi connectivity index (χ2n) is 4.98. The Bertz CT molecular complexity index is 398. The predicted molar refractivity (Wildman–Crippen MR) is 65.4 cm³/mol. The van der Waals surface area contributed by atoms with Crippen LogP contribution >= 0.6 is 0 Å². The SMILES string of the molecule is Cc1cccc(C)c1CC(=O)C1(N)CCC1. The van der Waals surface area contributed by atoms with E-state index in [-0.39, 0.29) is 5.78 Å². The molecule has 1 aromatic rings. The third-order valence-corrected chi connectivity index (χ3v) is 3.78. The Morgan fingerprint density at radius 3 is 2.31 bits per heavy atom. The van der Waals surface area contributed by atoms with Crippen molar-refractivity contribution >= 4 is 5.78 Å². The number of aryl methyl sites for hydroxylation is 2. The Labute approximate surface area is 96.8 Å². The molecular weight excluding hydrogens is 198 g/mol. The molecule has 0 bridgehead atoms. The van der Waals surface area contributed by atoms with Gasteiger partial charge in [0.15, 0.2) is 5.78 Å². The second kappa shape index (κ2) is 4.02. The second-order valence-corrected chi connectivity index (χ2v) is 4.98. The summed E-state index contributed by atoms with van der Waals surface area (Å²) in [6.45, 7) is 4.11. The number of hydrogen-bond donors (Lipinski definition) is 1. The monoisotopic (exact) mass is 217 g/mol. The van der Waals surface area contributed by atoms with E-state index in [1.165, 1.54) is 11.1 Å². The van der Waals surface area contributed by atoms with E-state index in [1.54, 1.807) is 0 Å². The molecule has 0 heterocycles. The van der Waals surface area contributed by atoms with Gasteiger partial charge in [0, 0.05) is 6.42 Å². The molecule has 2 N–H and O–H groups in total. The summed E-state index contributed by atoms with van der Waals surface area (Å²) in [6.07, 6.45) is 3.30. The maximum absolute atomic E-state index is 12.1. The van der Waals surface area contributed by atoms with Gasteiger partial charge in [-0.25, -0.2) is 0 Å². The maximum atomic E-state index is 12.1. The van der Waals surface area contributed by atoms with E-state index in [1.807, 2.05) is 6.07 Å². The Morgan fingerprint density at radius 2 is 1.88 bits per heavy atom. The van der Waals surface area contributed by atoms with Gasteiger partial charge in [-0.15, -0.1) is 0 Å². The quantitative estimate of drug-likeness (QED) is 0.844. The van der Waals surface area contributed by atoms with Crippen molar-refractivity contribution in [2.45, 2.75) is 45.1 Å². The van der Waals surface area contributed by atoms with Crippen molar-refractivity contribution in [1.29, 1.82) is 0 Å². The predicted octanol–water partition coefficient (Wildman–Crippen LogP) is 2.30. The van der Waals surface area contributed by atoms with Crippen LogP contribution in [-0.4, -0.2) is 11.3 Å². The lowest BCUT2D eigenvalue weighted by Gasteiger charge is -2.36. The number of nitrogens with two attached hydrogens (primary N) is 1. The third kappa shape index (κ3) is 1.90. The summed E-state index contributed by atoms with van der Waals surface area (Å²) in [5, 5.41) is 0. The number of Topliss-reactive ketones (excluding diaryl/α,β-unsaturated/α-hetero) is 1. The van der Waals surface area contributed by atoms with Gasteiger partial charge in [0.1, 0.15) is 0 Å². The van der Waals surface area contributed by atoms with Crippen LogP contribution in [0.5, 0.6) is 0 Å². The topological polar surface area (TPSA) is 43.1 Å². The molecular formula is C14H19NO. The van der Waals surface area contributed by atoms with Crippen LogP contribution in [-0.2, 0) is 11.2 Å². The minimum Gasteiger partial charge on any atom is -0.319 e. The van der Waals surface area contributed by atoms with Gasteiger partial charge in [-0.2, -0.15) is 0 Å². The van der Waals surface area contributed by atoms with Crippen LogP contribution in [0.15, 0.2) is 18.2 Å². The van der Waals surface area contributed by atoms with Gasteiger partial charge in [-0.1, -0.05) is 18.2 Å². The molecule has 0 aromatic heterocycles. The Kier molecular flexibility index (Phi) is 2.85. The van der Waals surface area contributed by atoms with Gasteiger partial charge in [-0.05, 0) is 49.8 Å². The highest BCUT2D eigenvalue weighted by Gasteiger charge is 2.39. The van der Waals surface area contributed by atoms with Crippen molar-refractivity contribution in [3.63, 3.8) is 0 Å². The van der Waals surface area contributed by atoms with Crippen molar-refractivity contribution in [2.24, 2.45) is 5.73 Å². The molecule has 0 amide bonds. The summed E-state index contributed by atoms with van der Waals surface area (Å²) in [7, 11) is 0. The number of rotatable bonds is 3. The first-order valence-electron chi connectivity index (χ1n) is 5.90. The van der Waals surface area contributed by atoms with Crippen LogP contribution < -0.4 is 5.73 Å². The molecule has 86 valence electrons. The third-order valence-electron chi connectivity index (χ3n) is 3.78. The molecule has 1 aliphatic carbocycles. The van der Waals surface area contributed by atoms with Crippen LogP contribution in [0.1, 0.15) is 36.0 Å². The molecule has 0 saturated heterocycles. The maximum Gasteiger partial charge on any atom is 0.157 e. The zero-order chi connectivity index (χ0) is 11.8. The number of carbonyl (C=O) groups excluding carboxylic acids is 1. The van der Waals surface area contributed by atoms with Crippen LogP contribution in [0.3, 0.4) is 0 Å². The van der Waals surface area contributed by atoms with Gasteiger partial charge in [-0.3, -0.25) is 4.79 Å². The molecule has 1 fully saturated rings. The Morgan fingerprint density at radius 1 is 1.31 bits per heavy atom. The molecule has 16 heavy (non-hydrogen) atoms. The zero-order valence-corrected chi connectivity index (χ0v) is 10.0. The van der Waals surface area contributed by atoms with Crippen molar-refractivity contribution in [2.75, 3.05) is 0 Å². The minimum absolute atomic E-state index is 0.205. The molecule has 2 rings (SSSR count). The molecule has 0 spiro atoms. The molecule has 0 unspecified atom stereocenters. The van der Waals surface area contributed by atoms with Crippen molar-refractivity contribution in [1.82, 2.24) is 0 Å². The summed E-state index contributed by atoms with van der Waals surface area (Å²) in [6, 6.07) is 6.14. The summed E-state index contributed by atoms with van der Waals surface area (Å²) in [5.41, 5.74) is 9.06. The highest BCUT2D eigenvalue weighted by atomic mass is 16.1. The summed E-state index contributed by atoms with van der Waals surface area (Å²) in [5.74, 6) is 0.205. The van der Waals surface area contributed by atoms with E-state index in [9.17, 15) is 4.79 Å². The summed E-state index contributed by atoms with van der Waals surface area (Å²) >= 11 is 0. The first kappa shape index (κ1) is 11.3. The average Bonchev–Trinajstić information content (AvgIpc) is 2.20. The highest BCUT2D eigenvalue weighted by Crippen LogP contribution is 2.31. The first-order valence-corrected chi connectivity index (χ1v) is 5.90. The van der Waals surface area contributed by atoms with Crippen LogP contribution in [0, 0.1) is 13.8 Å². The summed E-state index contributed by atoms with van der Waals surface area (Å²) < 4.78 is 0. The highest BCUT2D eigenvalue weighted by molar-refractivity contribution is 5.91. The molecule has 1 aromatic carbocycles. The van der Waals surface area contributed by atoms with Crippen LogP contribution in [0.2, 0.25) is 0 Å². The fourth-order valence-electron chi connectivity index (χ4n) is 2.30. The van der Waals surface area contributed by atoms with Crippen molar-refractivity contribution in [3.05, 3.63) is 34.9 Å². The molecule has 2 heteroatoms. The average molecular weight is 217 g/mol. The van der Waals surface area contributed by atoms with Gasteiger partial charge < -0.3 is 5.73 Å². The summed E-state index contributed by atoms with van der Waals surface area (Å²) in [4.78, 5) is 12.1. The number of ketones is 1. The van der Waals surface area contributed by atoms with Gasteiger partial charge in [0.05, 0.1) is 5.54 Å². The Hall–Kier alpha value is -1.15. The fraction of sp³-hybridized carbons (Fsp3) is 0.500. The number of carbonyl (C=O) groups is 1. The lowest BCUT2D eigenvalue weighted by Crippen LogP contribution is -2.54. The zero-order valence-electron chi connectivity index (χ0n) is 10.0. The Balaban J connectivity index is 2.18. The van der Waals surface area contributed by atoms with Crippen LogP contribution in [0.25, 0.3) is 0 Å². The lowest BCUT2D eigenvalue weighted by molar-refractivity contribution is -0.126. The van der Waals surface area contributed by atoms with E-state index < -0.39 is 5.54 Å². The van der Waals surface area contributed by atoms with E-state index >= 15 is 0 Å². The van der Waals surface area contributed by atoms with E-state index in [4.69, 9.17) is 5.73 Å². The molecule has 2 nitrogen and oxygen atoms in total. The number of benzene rings is 1. The molecule has 1 saturated carbocycles. The van der Waals surface area contributed by atoms with Gasteiger partial charge in [0.25, 0.3) is 0 Å². The number of hydrogen-bond acceptors (Lipinski definition) is 2. The molecule has 0 atom stereocenters. The molecule has 1 aliphatic rings. The normalized spacial score (nSPS) is 17.9. The molecule has 0 aliphatic heterocycles. The van der Waals surface area contributed by atoms with Crippen molar-refractivity contribution in [3.8, 4) is 0 Å². The first-order chi connectivity index (χ1) is 7.53. The minimum atomic E-state index is -0.519. The molecule has 0 radical (unpaired) electrons. The fourth-order valence-corrected chi connectivity index (χ4v) is 2.30. The standard InChI is InChI=1S/C14H19NO/c1-10-5-3-6-11(2)12(10)9-13(16)14(15)7-4-8-14/h3,5-6H,4,7-9,15H2,1-2H3. The van der Waals surface area contributed by atoms with E-state index in [2.05, 4.69) is 26.0 Å². The van der Waals surface area contributed by atoms with E-state index in [0.717, 1.165) is 24.8 Å². The van der Waals surface area contributed by atoms with Gasteiger partial charge >= 0.3 is 0 Å². The van der Waals surface area contributed by atoms with Gasteiger partial charge in [0.2, 0.25) is 0 Å². The van der Waals surface area contributed by atoms with Crippen molar-refractivity contribution < 1.29 is 4.79 Å². The smallest absolute Gasteiger partial charge is 0.157 e. The lowest BCUT2D eigenvalue weighted by atomic mass is 9.73.